The molecule has 42 heavy (non-hydrogen) atoms. The molecule has 1 aliphatic rings. The van der Waals surface area contributed by atoms with E-state index in [1.165, 1.54) is 29.2 Å². The molecule has 1 aliphatic carbocycles. The van der Waals surface area contributed by atoms with Gasteiger partial charge in [0.05, 0.1) is 10.6 Å². The van der Waals surface area contributed by atoms with Crippen molar-refractivity contribution in [1.82, 2.24) is 10.2 Å². The van der Waals surface area contributed by atoms with E-state index in [-0.39, 0.29) is 23.4 Å². The van der Waals surface area contributed by atoms with Crippen molar-refractivity contribution in [2.45, 2.75) is 69.5 Å². The van der Waals surface area contributed by atoms with Gasteiger partial charge in [0.25, 0.3) is 10.0 Å². The van der Waals surface area contributed by atoms with Crippen molar-refractivity contribution >= 4 is 62.3 Å². The Morgan fingerprint density at radius 1 is 0.929 bits per heavy atom. The van der Waals surface area contributed by atoms with E-state index in [4.69, 9.17) is 34.8 Å². The summed E-state index contributed by atoms with van der Waals surface area (Å²) < 4.78 is 29.0. The number of aryl methyl sites for hydroxylation is 1. The van der Waals surface area contributed by atoms with Crippen molar-refractivity contribution in [3.63, 3.8) is 0 Å². The zero-order valence-corrected chi connectivity index (χ0v) is 26.6. The molecule has 7 nitrogen and oxygen atoms in total. The van der Waals surface area contributed by atoms with Gasteiger partial charge in [-0.25, -0.2) is 8.42 Å². The third kappa shape index (κ3) is 7.78. The average Bonchev–Trinajstić information content (AvgIpc) is 2.96. The Kier molecular flexibility index (Phi) is 10.8. The number of hydrogen-bond acceptors (Lipinski definition) is 4. The van der Waals surface area contributed by atoms with Crippen LogP contribution in [-0.4, -0.2) is 43.8 Å². The van der Waals surface area contributed by atoms with Crippen LogP contribution in [-0.2, 0) is 26.2 Å². The van der Waals surface area contributed by atoms with Gasteiger partial charge in [-0.15, -0.1) is 0 Å². The molecular weight excluding hydrogens is 617 g/mol. The van der Waals surface area contributed by atoms with Crippen molar-refractivity contribution in [3.8, 4) is 0 Å². The fraction of sp³-hybridized carbons (Fsp3) is 0.355. The number of sulfonamides is 1. The van der Waals surface area contributed by atoms with Gasteiger partial charge in [-0.05, 0) is 80.3 Å². The first-order chi connectivity index (χ1) is 20.0. The number of halogens is 3. The maximum atomic E-state index is 14.1. The minimum atomic E-state index is -4.19. The monoisotopic (exact) mass is 649 g/mol. The number of benzene rings is 3. The second kappa shape index (κ2) is 14.1. The summed E-state index contributed by atoms with van der Waals surface area (Å²) in [6, 6.07) is 16.8. The zero-order valence-electron chi connectivity index (χ0n) is 23.5. The van der Waals surface area contributed by atoms with Crippen LogP contribution in [0.2, 0.25) is 15.1 Å². The van der Waals surface area contributed by atoms with Crippen molar-refractivity contribution in [2.24, 2.45) is 0 Å². The Morgan fingerprint density at radius 3 is 2.21 bits per heavy atom. The maximum absolute atomic E-state index is 14.1. The number of amides is 2. The molecule has 1 fully saturated rings. The molecule has 0 spiro atoms. The van der Waals surface area contributed by atoms with Crippen LogP contribution in [0, 0.1) is 6.92 Å². The van der Waals surface area contributed by atoms with Crippen LogP contribution in [0.25, 0.3) is 0 Å². The van der Waals surface area contributed by atoms with E-state index in [1.807, 2.05) is 0 Å². The number of nitrogens with zero attached hydrogens (tertiary/aromatic N) is 2. The number of carbonyl (C=O) groups excluding carboxylic acids is 2. The Labute approximate surface area is 262 Å². The van der Waals surface area contributed by atoms with Gasteiger partial charge in [-0.1, -0.05) is 78.3 Å². The van der Waals surface area contributed by atoms with E-state index in [1.54, 1.807) is 56.3 Å². The zero-order chi connectivity index (χ0) is 30.4. The fourth-order valence-corrected chi connectivity index (χ4v) is 7.15. The third-order valence-corrected chi connectivity index (χ3v) is 10.2. The molecule has 4 rings (SSSR count). The van der Waals surface area contributed by atoms with Gasteiger partial charge in [0, 0.05) is 27.7 Å². The predicted octanol–water partition coefficient (Wildman–Crippen LogP) is 7.02. The average molecular weight is 651 g/mol. The summed E-state index contributed by atoms with van der Waals surface area (Å²) in [7, 11) is -4.19. The van der Waals surface area contributed by atoms with Crippen molar-refractivity contribution < 1.29 is 18.0 Å². The topological polar surface area (TPSA) is 86.8 Å². The van der Waals surface area contributed by atoms with Gasteiger partial charge in [-0.3, -0.25) is 13.9 Å². The minimum absolute atomic E-state index is 0.0154. The van der Waals surface area contributed by atoms with Crippen LogP contribution in [0.15, 0.2) is 71.6 Å². The normalized spacial score (nSPS) is 14.7. The smallest absolute Gasteiger partial charge is 0.264 e. The van der Waals surface area contributed by atoms with Crippen molar-refractivity contribution in [2.75, 3.05) is 10.8 Å². The number of para-hydroxylation sites is 1. The highest BCUT2D eigenvalue weighted by molar-refractivity contribution is 7.92. The first kappa shape index (κ1) is 32.1. The first-order valence-electron chi connectivity index (χ1n) is 13.8. The molecule has 1 N–H and O–H groups in total. The van der Waals surface area contributed by atoms with Crippen molar-refractivity contribution in [3.05, 3.63) is 92.9 Å². The molecule has 1 saturated carbocycles. The lowest BCUT2D eigenvalue weighted by molar-refractivity contribution is -0.139. The molecule has 11 heteroatoms. The van der Waals surface area contributed by atoms with Gasteiger partial charge in [0.15, 0.2) is 0 Å². The van der Waals surface area contributed by atoms with E-state index < -0.39 is 28.5 Å². The molecule has 0 unspecified atom stereocenters. The predicted molar refractivity (Wildman–Crippen MR) is 169 cm³/mol. The number of rotatable bonds is 10. The lowest BCUT2D eigenvalue weighted by Gasteiger charge is -2.33. The molecule has 0 radical (unpaired) electrons. The fourth-order valence-electron chi connectivity index (χ4n) is 5.08. The van der Waals surface area contributed by atoms with Crippen LogP contribution < -0.4 is 9.62 Å². The molecule has 3 aromatic carbocycles. The summed E-state index contributed by atoms with van der Waals surface area (Å²) in [6.45, 7) is 2.86. The van der Waals surface area contributed by atoms with Gasteiger partial charge in [-0.2, -0.15) is 0 Å². The summed E-state index contributed by atoms with van der Waals surface area (Å²) in [6.07, 6.45) is 4.98. The largest absolute Gasteiger partial charge is 0.352 e. The molecule has 3 aromatic rings. The summed E-state index contributed by atoms with van der Waals surface area (Å²) in [4.78, 5) is 28.9. The molecular formula is C31H34Cl3N3O4S. The summed E-state index contributed by atoms with van der Waals surface area (Å²) in [5.74, 6) is -0.864. The van der Waals surface area contributed by atoms with E-state index in [0.717, 1.165) is 36.4 Å². The Balaban J connectivity index is 1.70. The Morgan fingerprint density at radius 2 is 1.57 bits per heavy atom. The molecule has 0 aliphatic heterocycles. The quantitative estimate of drug-likeness (QED) is 0.256. The van der Waals surface area contributed by atoms with E-state index in [2.05, 4.69) is 5.32 Å². The molecule has 0 heterocycles. The number of carbonyl (C=O) groups is 2. The molecule has 224 valence electrons. The first-order valence-corrected chi connectivity index (χ1v) is 16.4. The van der Waals surface area contributed by atoms with E-state index in [9.17, 15) is 18.0 Å². The van der Waals surface area contributed by atoms with Crippen LogP contribution in [0.5, 0.6) is 0 Å². The standard InChI is InChI=1S/C31H34Cl3N3O4S/c1-21-8-6-7-11-29(21)37(42(40,41)27-16-14-24(32)15-17-27)20-30(38)36(19-23-12-13-25(33)18-28(23)34)22(2)31(39)35-26-9-4-3-5-10-26/h6-8,11-18,22,26H,3-5,9-10,19-20H2,1-2H3,(H,35,39)/t22-/m1/s1. The third-order valence-electron chi connectivity index (χ3n) is 7.54. The maximum Gasteiger partial charge on any atom is 0.264 e. The molecule has 0 bridgehead atoms. The lowest BCUT2D eigenvalue weighted by Crippen LogP contribution is -2.53. The summed E-state index contributed by atoms with van der Waals surface area (Å²) in [5, 5.41) is 4.25. The van der Waals surface area contributed by atoms with Gasteiger partial charge in [0.1, 0.15) is 12.6 Å². The number of anilines is 1. The SMILES string of the molecule is Cc1ccccc1N(CC(=O)N(Cc1ccc(Cl)cc1Cl)[C@H](C)C(=O)NC1CCCCC1)S(=O)(=O)c1ccc(Cl)cc1. The van der Waals surface area contributed by atoms with Gasteiger partial charge < -0.3 is 10.2 Å². The number of nitrogens with one attached hydrogen (secondary N) is 1. The van der Waals surface area contributed by atoms with Crippen LogP contribution >= 0.6 is 34.8 Å². The van der Waals surface area contributed by atoms with Crippen molar-refractivity contribution in [1.29, 1.82) is 0 Å². The second-order valence-electron chi connectivity index (χ2n) is 10.5. The van der Waals surface area contributed by atoms with E-state index >= 15 is 0 Å². The molecule has 0 saturated heterocycles. The van der Waals surface area contributed by atoms with Crippen LogP contribution in [0.1, 0.15) is 50.2 Å². The number of hydrogen-bond donors (Lipinski definition) is 1. The second-order valence-corrected chi connectivity index (χ2v) is 13.7. The highest BCUT2D eigenvalue weighted by atomic mass is 35.5. The molecule has 1 atom stereocenters. The van der Waals surface area contributed by atoms with Crippen LogP contribution in [0.3, 0.4) is 0 Å². The highest BCUT2D eigenvalue weighted by Crippen LogP contribution is 2.29. The van der Waals surface area contributed by atoms with Gasteiger partial charge >= 0.3 is 0 Å². The van der Waals surface area contributed by atoms with Gasteiger partial charge in [0.2, 0.25) is 11.8 Å². The summed E-state index contributed by atoms with van der Waals surface area (Å²) >= 11 is 18.6. The highest BCUT2D eigenvalue weighted by Gasteiger charge is 2.34. The van der Waals surface area contributed by atoms with E-state index in [0.29, 0.717) is 31.9 Å². The Bertz CT molecular complexity index is 1530. The molecule has 2 amide bonds. The van der Waals surface area contributed by atoms with Crippen LogP contribution in [0.4, 0.5) is 5.69 Å². The molecule has 0 aromatic heterocycles. The lowest BCUT2D eigenvalue weighted by atomic mass is 9.95. The Hall–Kier alpha value is -2.78. The summed E-state index contributed by atoms with van der Waals surface area (Å²) in [5.41, 5.74) is 1.59. The minimum Gasteiger partial charge on any atom is -0.352 e.